The molecule has 2 aliphatic rings. The summed E-state index contributed by atoms with van der Waals surface area (Å²) in [7, 11) is 3.23. The molecule has 1 saturated carbocycles. The second-order valence-corrected chi connectivity index (χ2v) is 10.5. The molecule has 0 aromatic heterocycles. The molecule has 2 aromatic rings. The fraction of sp³-hybridized carbons (Fsp3) is 0.500. The van der Waals surface area contributed by atoms with Crippen LogP contribution in [0.4, 0.5) is 0 Å². The maximum atomic E-state index is 13.8. The summed E-state index contributed by atoms with van der Waals surface area (Å²) < 4.78 is 10.7. The van der Waals surface area contributed by atoms with Crippen molar-refractivity contribution in [2.45, 2.75) is 56.9 Å². The lowest BCUT2D eigenvalue weighted by Gasteiger charge is -2.35. The first-order valence-electron chi connectivity index (χ1n) is 12.5. The Hall–Kier alpha value is -2.67. The van der Waals surface area contributed by atoms with Crippen LogP contribution in [0.25, 0.3) is 0 Å². The van der Waals surface area contributed by atoms with Gasteiger partial charge < -0.3 is 19.7 Å². The highest BCUT2D eigenvalue weighted by Crippen LogP contribution is 2.41. The lowest BCUT2D eigenvalue weighted by molar-refractivity contribution is -0.125. The average molecular weight is 497 g/mol. The van der Waals surface area contributed by atoms with Gasteiger partial charge in [0, 0.05) is 17.9 Å². The zero-order valence-corrected chi connectivity index (χ0v) is 21.7. The van der Waals surface area contributed by atoms with E-state index in [9.17, 15) is 9.59 Å². The largest absolute Gasteiger partial charge is 0.493 e. The molecular weight excluding hydrogens is 460 g/mol. The van der Waals surface area contributed by atoms with E-state index in [0.717, 1.165) is 24.0 Å². The highest BCUT2D eigenvalue weighted by atomic mass is 32.2. The monoisotopic (exact) mass is 496 g/mol. The molecule has 0 spiro atoms. The van der Waals surface area contributed by atoms with Crippen molar-refractivity contribution in [1.29, 1.82) is 0 Å². The predicted molar refractivity (Wildman–Crippen MR) is 140 cm³/mol. The second kappa shape index (κ2) is 11.8. The van der Waals surface area contributed by atoms with Crippen LogP contribution >= 0.6 is 11.8 Å². The third-order valence-electron chi connectivity index (χ3n) is 7.16. The van der Waals surface area contributed by atoms with Gasteiger partial charge in [-0.3, -0.25) is 9.59 Å². The van der Waals surface area contributed by atoms with Crippen molar-refractivity contribution < 1.29 is 19.1 Å². The molecule has 2 amide bonds. The maximum Gasteiger partial charge on any atom is 0.255 e. The average Bonchev–Trinajstić information content (AvgIpc) is 3.34. The Morgan fingerprint density at radius 1 is 1.03 bits per heavy atom. The first-order chi connectivity index (χ1) is 17.0. The molecule has 6 nitrogen and oxygen atoms in total. The normalized spacial score (nSPS) is 20.5. The topological polar surface area (TPSA) is 67.9 Å². The number of amides is 2. The van der Waals surface area contributed by atoms with E-state index in [2.05, 4.69) is 5.32 Å². The molecule has 1 aliphatic carbocycles. The van der Waals surface area contributed by atoms with Crippen LogP contribution in [0.3, 0.4) is 0 Å². The van der Waals surface area contributed by atoms with Crippen LogP contribution in [-0.2, 0) is 11.2 Å². The van der Waals surface area contributed by atoms with E-state index in [0.29, 0.717) is 41.7 Å². The predicted octanol–water partition coefficient (Wildman–Crippen LogP) is 4.84. The van der Waals surface area contributed by atoms with Crippen LogP contribution in [0.2, 0.25) is 0 Å². The summed E-state index contributed by atoms with van der Waals surface area (Å²) in [4.78, 5) is 29.0. The van der Waals surface area contributed by atoms with Crippen molar-refractivity contribution in [2.75, 3.05) is 26.5 Å². The number of nitrogens with one attached hydrogen (secondary N) is 1. The number of methoxy groups -OCH3 is 2. The summed E-state index contributed by atoms with van der Waals surface area (Å²) in [5.74, 6) is 2.35. The second-order valence-electron chi connectivity index (χ2n) is 9.40. The Morgan fingerprint density at radius 3 is 2.49 bits per heavy atom. The molecule has 35 heavy (non-hydrogen) atoms. The molecule has 2 fully saturated rings. The van der Waals surface area contributed by atoms with Crippen molar-refractivity contribution in [3.8, 4) is 11.5 Å². The summed E-state index contributed by atoms with van der Waals surface area (Å²) in [5.41, 5.74) is 2.69. The zero-order chi connectivity index (χ0) is 24.8. The van der Waals surface area contributed by atoms with E-state index < -0.39 is 6.04 Å². The van der Waals surface area contributed by atoms with Crippen molar-refractivity contribution >= 4 is 23.6 Å². The molecule has 4 rings (SSSR count). The number of thioether (sulfide) groups is 1. The van der Waals surface area contributed by atoms with Gasteiger partial charge >= 0.3 is 0 Å². The van der Waals surface area contributed by atoms with E-state index >= 15 is 0 Å². The Morgan fingerprint density at radius 2 is 1.77 bits per heavy atom. The van der Waals surface area contributed by atoms with Gasteiger partial charge in [-0.2, -0.15) is 0 Å². The summed E-state index contributed by atoms with van der Waals surface area (Å²) in [5, 5.41) is 3.15. The van der Waals surface area contributed by atoms with Gasteiger partial charge in [-0.15, -0.1) is 11.8 Å². The summed E-state index contributed by atoms with van der Waals surface area (Å²) in [6.45, 7) is 2.46. The molecule has 1 aliphatic heterocycles. The molecule has 2 atom stereocenters. The van der Waals surface area contributed by atoms with Gasteiger partial charge in [0.2, 0.25) is 5.91 Å². The minimum Gasteiger partial charge on any atom is -0.493 e. The molecule has 0 bridgehead atoms. The first-order valence-corrected chi connectivity index (χ1v) is 13.6. The Balaban J connectivity index is 1.46. The minimum absolute atomic E-state index is 0.0243. The van der Waals surface area contributed by atoms with Crippen LogP contribution in [-0.4, -0.2) is 54.6 Å². The number of hydrogen-bond donors (Lipinski definition) is 1. The van der Waals surface area contributed by atoms with E-state index in [-0.39, 0.29) is 17.2 Å². The zero-order valence-electron chi connectivity index (χ0n) is 20.9. The third-order valence-corrected chi connectivity index (χ3v) is 8.62. The smallest absolute Gasteiger partial charge is 0.255 e. The Kier molecular flexibility index (Phi) is 8.60. The van der Waals surface area contributed by atoms with E-state index in [1.54, 1.807) is 26.0 Å². The standard InChI is InChI=1S/C28H36N2O4S/c1-19-9-7-8-12-22(19)27(32)30-23(18-35-28(30)21-10-5-4-6-11-21)26(31)29-16-15-20-13-14-24(33-2)25(17-20)34-3/h7-9,12-14,17,21,23,28H,4-6,10-11,15-16,18H2,1-3H3,(H,29,31). The van der Waals surface area contributed by atoms with Crippen molar-refractivity contribution in [3.63, 3.8) is 0 Å². The number of aryl methyl sites for hydroxylation is 1. The van der Waals surface area contributed by atoms with Gasteiger partial charge in [-0.1, -0.05) is 43.5 Å². The summed E-state index contributed by atoms with van der Waals surface area (Å²) in [6, 6.07) is 13.0. The van der Waals surface area contributed by atoms with Crippen LogP contribution in [0, 0.1) is 12.8 Å². The van der Waals surface area contributed by atoms with Gasteiger partial charge in [0.15, 0.2) is 11.5 Å². The van der Waals surface area contributed by atoms with Crippen molar-refractivity contribution in [1.82, 2.24) is 10.2 Å². The number of hydrogen-bond acceptors (Lipinski definition) is 5. The van der Waals surface area contributed by atoms with Gasteiger partial charge in [-0.25, -0.2) is 0 Å². The molecule has 1 saturated heterocycles. The van der Waals surface area contributed by atoms with Gasteiger partial charge in [0.1, 0.15) is 6.04 Å². The summed E-state index contributed by atoms with van der Waals surface area (Å²) in [6.07, 6.45) is 6.60. The summed E-state index contributed by atoms with van der Waals surface area (Å²) >= 11 is 1.77. The molecule has 188 valence electrons. The van der Waals surface area contributed by atoms with E-state index in [4.69, 9.17) is 9.47 Å². The molecular formula is C28H36N2O4S. The lowest BCUT2D eigenvalue weighted by atomic mass is 9.88. The van der Waals surface area contributed by atoms with E-state index in [1.165, 1.54) is 19.3 Å². The first kappa shape index (κ1) is 25.4. The molecule has 7 heteroatoms. The highest BCUT2D eigenvalue weighted by Gasteiger charge is 2.45. The van der Waals surface area contributed by atoms with Gasteiger partial charge in [-0.05, 0) is 61.4 Å². The fourth-order valence-corrected chi connectivity index (χ4v) is 6.84. The number of rotatable bonds is 8. The molecule has 2 unspecified atom stereocenters. The number of nitrogens with zero attached hydrogens (tertiary/aromatic N) is 1. The Labute approximate surface area is 212 Å². The van der Waals surface area contributed by atoms with Crippen molar-refractivity contribution in [3.05, 3.63) is 59.2 Å². The molecule has 1 heterocycles. The number of ether oxygens (including phenoxy) is 2. The number of carbonyl (C=O) groups excluding carboxylic acids is 2. The Bertz CT molecular complexity index is 1040. The third kappa shape index (κ3) is 5.77. The SMILES string of the molecule is COc1ccc(CCNC(=O)C2CSC(C3CCCCC3)N2C(=O)c2ccccc2C)cc1OC. The molecule has 1 N–H and O–H groups in total. The quantitative estimate of drug-likeness (QED) is 0.567. The van der Waals surface area contributed by atoms with Crippen LogP contribution in [0.15, 0.2) is 42.5 Å². The fourth-order valence-electron chi connectivity index (χ4n) is 5.21. The maximum absolute atomic E-state index is 13.8. The van der Waals surface area contributed by atoms with Crippen molar-refractivity contribution in [2.24, 2.45) is 5.92 Å². The van der Waals surface area contributed by atoms with Crippen LogP contribution in [0.5, 0.6) is 11.5 Å². The highest BCUT2D eigenvalue weighted by molar-refractivity contribution is 8.00. The number of carbonyl (C=O) groups is 2. The van der Waals surface area contributed by atoms with Crippen LogP contribution < -0.4 is 14.8 Å². The minimum atomic E-state index is -0.454. The molecule has 2 aromatic carbocycles. The molecule has 0 radical (unpaired) electrons. The van der Waals surface area contributed by atoms with E-state index in [1.807, 2.05) is 54.3 Å². The van der Waals surface area contributed by atoms with Gasteiger partial charge in [0.05, 0.1) is 19.6 Å². The van der Waals surface area contributed by atoms with Crippen LogP contribution in [0.1, 0.15) is 53.6 Å². The van der Waals surface area contributed by atoms with Gasteiger partial charge in [0.25, 0.3) is 5.91 Å². The lowest BCUT2D eigenvalue weighted by Crippen LogP contribution is -2.51. The number of benzene rings is 2.